The van der Waals surface area contributed by atoms with Crippen LogP contribution in [0.15, 0.2) is 53.5 Å². The first-order chi connectivity index (χ1) is 11.1. The molecule has 5 N–H and O–H groups in total. The number of nitrogens with one attached hydrogen (secondary N) is 1. The minimum absolute atomic E-state index is 0.234. The maximum absolute atomic E-state index is 10.7. The molecule has 0 saturated carbocycles. The molecule has 1 amide bonds. The molecule has 1 heterocycles. The number of benzene rings is 2. The highest BCUT2D eigenvalue weighted by atomic mass is 16.6. The predicted molar refractivity (Wildman–Crippen MR) is 89.9 cm³/mol. The number of amides is 1. The lowest BCUT2D eigenvalue weighted by Crippen LogP contribution is -2.30. The fraction of sp³-hybridized carbons (Fsp3) is 0.0588. The van der Waals surface area contributed by atoms with Crippen LogP contribution < -0.4 is 27.2 Å². The van der Waals surface area contributed by atoms with Gasteiger partial charge in [0.05, 0.1) is 6.54 Å². The summed E-state index contributed by atoms with van der Waals surface area (Å²) in [5.74, 6) is 0. The van der Waals surface area contributed by atoms with E-state index in [2.05, 4.69) is 21.1 Å². The number of primary amides is 1. The number of nitrogens with two attached hydrogens (primary N) is 2. The molecule has 0 radical (unpaired) electrons. The van der Waals surface area contributed by atoms with E-state index in [0.29, 0.717) is 0 Å². The lowest BCUT2D eigenvalue weighted by molar-refractivity contribution is 0.207. The minimum Gasteiger partial charge on any atom is -0.376 e. The van der Waals surface area contributed by atoms with E-state index in [1.165, 1.54) is 0 Å². The van der Waals surface area contributed by atoms with Crippen LogP contribution in [-0.4, -0.2) is 18.7 Å². The zero-order valence-corrected chi connectivity index (χ0v) is 12.3. The minimum atomic E-state index is -0.982. The second kappa shape index (κ2) is 6.23. The molecule has 1 aliphatic rings. The fourth-order valence-electron chi connectivity index (χ4n) is 2.45. The van der Waals surface area contributed by atoms with Crippen LogP contribution in [0.2, 0.25) is 0 Å². The van der Waals surface area contributed by atoms with Crippen molar-refractivity contribution in [3.05, 3.63) is 64.5 Å². The summed E-state index contributed by atoms with van der Waals surface area (Å²) < 4.78 is 4.55. The summed E-state index contributed by atoms with van der Waals surface area (Å²) in [5.41, 5.74) is 13.4. The average Bonchev–Trinajstić information content (AvgIpc) is 2.68. The van der Waals surface area contributed by atoms with Gasteiger partial charge in [0, 0.05) is 16.6 Å². The van der Waals surface area contributed by atoms with Gasteiger partial charge in [-0.05, 0) is 22.9 Å². The zero-order valence-electron chi connectivity index (χ0n) is 12.3. The van der Waals surface area contributed by atoms with Crippen molar-refractivity contribution in [3.8, 4) is 0 Å². The van der Waals surface area contributed by atoms with E-state index in [0.717, 1.165) is 27.4 Å². The molecule has 0 spiro atoms. The number of anilines is 1. The number of amidine groups is 1. The quantitative estimate of drug-likeness (QED) is 0.554. The fourth-order valence-corrected chi connectivity index (χ4v) is 2.45. The third-order valence-electron chi connectivity index (χ3n) is 3.44. The number of aliphatic imine (C=N–C) groups is 1. The van der Waals surface area contributed by atoms with Crippen molar-refractivity contribution < 1.29 is 9.53 Å². The Morgan fingerprint density at radius 3 is 2.65 bits per heavy atom. The van der Waals surface area contributed by atoms with Gasteiger partial charge in [-0.2, -0.15) is 0 Å². The van der Waals surface area contributed by atoms with Crippen LogP contribution in [0.5, 0.6) is 0 Å². The molecule has 0 saturated heterocycles. The van der Waals surface area contributed by atoms with Crippen LogP contribution in [0, 0.1) is 0 Å². The highest BCUT2D eigenvalue weighted by molar-refractivity contribution is 5.85. The maximum Gasteiger partial charge on any atom is 0.412 e. The highest BCUT2D eigenvalue weighted by Gasteiger charge is 2.08. The predicted octanol–water partition coefficient (Wildman–Crippen LogP) is 0.459. The van der Waals surface area contributed by atoms with Crippen LogP contribution in [0.4, 0.5) is 10.5 Å². The van der Waals surface area contributed by atoms with Crippen molar-refractivity contribution >= 4 is 29.6 Å². The Bertz CT molecular complexity index is 903. The standard InChI is InChI=1S/C17H16N4O2/c18-16(23-17(19)22)20-10-15-13-7-3-1-5-11(13)9-12-6-2-4-8-14(12)21-15/h1-9,21H,10H2,(H2,18,20)(H2,19,22). The van der Waals surface area contributed by atoms with Gasteiger partial charge in [-0.1, -0.05) is 42.5 Å². The number of fused-ring (bicyclic) bond motifs is 2. The zero-order chi connectivity index (χ0) is 16.2. The van der Waals surface area contributed by atoms with Gasteiger partial charge < -0.3 is 21.5 Å². The third-order valence-corrected chi connectivity index (χ3v) is 3.44. The van der Waals surface area contributed by atoms with E-state index in [1.54, 1.807) is 0 Å². The summed E-state index contributed by atoms with van der Waals surface area (Å²) in [5, 5.41) is 5.46. The molecule has 1 aliphatic heterocycles. The Morgan fingerprint density at radius 1 is 1.09 bits per heavy atom. The summed E-state index contributed by atoms with van der Waals surface area (Å²) in [6, 6.07) is 15.7. The number of rotatable bonds is 2. The molecule has 6 nitrogen and oxygen atoms in total. The summed E-state index contributed by atoms with van der Waals surface area (Å²) >= 11 is 0. The van der Waals surface area contributed by atoms with E-state index >= 15 is 0 Å². The lowest BCUT2D eigenvalue weighted by atomic mass is 10.1. The number of nitrogens with zero attached hydrogens (tertiary/aromatic N) is 1. The summed E-state index contributed by atoms with van der Waals surface area (Å²) in [7, 11) is 0. The van der Waals surface area contributed by atoms with E-state index in [4.69, 9.17) is 11.5 Å². The topological polar surface area (TPSA) is 103 Å². The van der Waals surface area contributed by atoms with E-state index in [1.807, 2.05) is 48.5 Å². The van der Waals surface area contributed by atoms with Crippen LogP contribution in [0.25, 0.3) is 11.8 Å². The molecule has 0 fully saturated rings. The molecular weight excluding hydrogens is 292 g/mol. The molecule has 2 aromatic rings. The average molecular weight is 308 g/mol. The van der Waals surface area contributed by atoms with Crippen LogP contribution in [0.3, 0.4) is 0 Å². The van der Waals surface area contributed by atoms with Gasteiger partial charge in [0.2, 0.25) is 0 Å². The molecule has 3 rings (SSSR count). The number of hydrogen-bond acceptors (Lipinski definition) is 4. The monoisotopic (exact) mass is 308 g/mol. The molecule has 0 unspecified atom stereocenters. The van der Waals surface area contributed by atoms with Gasteiger partial charge in [0.1, 0.15) is 0 Å². The van der Waals surface area contributed by atoms with Crippen molar-refractivity contribution in [2.45, 2.75) is 0 Å². The summed E-state index contributed by atoms with van der Waals surface area (Å²) in [6.45, 7) is 0.234. The Balaban J connectivity index is 2.05. The molecule has 23 heavy (non-hydrogen) atoms. The Labute approximate surface area is 132 Å². The van der Waals surface area contributed by atoms with E-state index in [-0.39, 0.29) is 12.6 Å². The van der Waals surface area contributed by atoms with Crippen LogP contribution in [-0.2, 0) is 4.74 Å². The Hall–Kier alpha value is -3.28. The van der Waals surface area contributed by atoms with Crippen molar-refractivity contribution in [2.24, 2.45) is 16.5 Å². The van der Waals surface area contributed by atoms with Gasteiger partial charge >= 0.3 is 6.09 Å². The van der Waals surface area contributed by atoms with Crippen molar-refractivity contribution in [3.63, 3.8) is 0 Å². The van der Waals surface area contributed by atoms with Crippen molar-refractivity contribution in [2.75, 3.05) is 11.9 Å². The first-order valence-corrected chi connectivity index (χ1v) is 7.07. The molecule has 0 aliphatic carbocycles. The largest absolute Gasteiger partial charge is 0.412 e. The van der Waals surface area contributed by atoms with Gasteiger partial charge in [-0.3, -0.25) is 0 Å². The molecule has 0 atom stereocenters. The van der Waals surface area contributed by atoms with Crippen molar-refractivity contribution in [1.29, 1.82) is 0 Å². The Kier molecular flexibility index (Phi) is 3.97. The summed E-state index contributed by atoms with van der Waals surface area (Å²) in [4.78, 5) is 14.7. The van der Waals surface area contributed by atoms with Crippen LogP contribution in [0.1, 0.15) is 5.56 Å². The number of ether oxygens (including phenoxy) is 1. The second-order valence-corrected chi connectivity index (χ2v) is 5.00. The second-order valence-electron chi connectivity index (χ2n) is 5.00. The maximum atomic E-state index is 10.7. The molecule has 0 aromatic heterocycles. The first kappa shape index (κ1) is 14.6. The first-order valence-electron chi connectivity index (χ1n) is 7.07. The molecule has 2 aromatic carbocycles. The lowest BCUT2D eigenvalue weighted by Gasteiger charge is -2.10. The number of carbonyl (C=O) groups excluding carboxylic acids is 1. The van der Waals surface area contributed by atoms with Crippen molar-refractivity contribution in [1.82, 2.24) is 0 Å². The Morgan fingerprint density at radius 2 is 1.83 bits per heavy atom. The molecular formula is C17H16N4O2. The molecule has 0 bridgehead atoms. The van der Waals surface area contributed by atoms with Gasteiger partial charge in [-0.25, -0.2) is 9.79 Å². The number of carbonyl (C=O) groups is 1. The molecule has 6 heteroatoms. The van der Waals surface area contributed by atoms with E-state index < -0.39 is 6.09 Å². The third kappa shape index (κ3) is 3.32. The van der Waals surface area contributed by atoms with Crippen LogP contribution >= 0.6 is 0 Å². The highest BCUT2D eigenvalue weighted by Crippen LogP contribution is 2.19. The summed E-state index contributed by atoms with van der Waals surface area (Å²) in [6.07, 6.45) is 1.13. The smallest absolute Gasteiger partial charge is 0.376 e. The van der Waals surface area contributed by atoms with Gasteiger partial charge in [0.25, 0.3) is 6.02 Å². The number of hydrogen-bond donors (Lipinski definition) is 3. The normalized spacial score (nSPS) is 13.0. The number of para-hydroxylation sites is 1. The van der Waals surface area contributed by atoms with Gasteiger partial charge in [0.15, 0.2) is 0 Å². The van der Waals surface area contributed by atoms with E-state index in [9.17, 15) is 4.79 Å². The van der Waals surface area contributed by atoms with Gasteiger partial charge in [-0.15, -0.1) is 0 Å². The molecule has 116 valence electrons. The SMILES string of the molecule is NC(=O)OC(N)=NCC1=c2ccccc2=Cc2ccccc2N1.